The van der Waals surface area contributed by atoms with E-state index in [9.17, 15) is 27.9 Å². The van der Waals surface area contributed by atoms with Gasteiger partial charge in [0.25, 0.3) is 0 Å². The lowest BCUT2D eigenvalue weighted by Crippen LogP contribution is -2.22. The summed E-state index contributed by atoms with van der Waals surface area (Å²) in [5.74, 6) is -0.291. The van der Waals surface area contributed by atoms with Crippen molar-refractivity contribution in [3.8, 4) is 5.75 Å². The lowest BCUT2D eigenvalue weighted by Gasteiger charge is -2.24. The molecule has 11 heteroatoms. The summed E-state index contributed by atoms with van der Waals surface area (Å²) in [5.41, 5.74) is 1.67. The third-order valence-electron chi connectivity index (χ3n) is 5.01. The van der Waals surface area contributed by atoms with Gasteiger partial charge < -0.3 is 25.2 Å². The molecule has 0 fully saturated rings. The highest BCUT2D eigenvalue weighted by Crippen LogP contribution is 2.33. The van der Waals surface area contributed by atoms with E-state index < -0.39 is 18.4 Å². The van der Waals surface area contributed by atoms with Crippen LogP contribution in [0.25, 0.3) is 0 Å². The van der Waals surface area contributed by atoms with Gasteiger partial charge in [-0.3, -0.25) is 9.59 Å². The van der Waals surface area contributed by atoms with Crippen molar-refractivity contribution < 1.29 is 37.3 Å². The Hall–Kier alpha value is -3.44. The molecule has 204 valence electrons. The van der Waals surface area contributed by atoms with Crippen molar-refractivity contribution in [2.24, 2.45) is 0 Å². The minimum absolute atomic E-state index is 0.141. The summed E-state index contributed by atoms with van der Waals surface area (Å²) in [5, 5.41) is 16.8. The molecule has 1 aromatic heterocycles. The van der Waals surface area contributed by atoms with E-state index in [0.717, 1.165) is 6.42 Å². The molecule has 2 rings (SSSR count). The number of nitrogens with one attached hydrogen (secondary N) is 2. The van der Waals surface area contributed by atoms with E-state index in [1.807, 2.05) is 13.8 Å². The third-order valence-corrected chi connectivity index (χ3v) is 5.01. The molecule has 0 bridgehead atoms. The van der Waals surface area contributed by atoms with Crippen LogP contribution in [0.3, 0.4) is 0 Å². The van der Waals surface area contributed by atoms with Crippen LogP contribution in [0, 0.1) is 0 Å². The van der Waals surface area contributed by atoms with Crippen LogP contribution in [-0.4, -0.2) is 41.9 Å². The Kier molecular flexibility index (Phi) is 13.3. The number of carbonyl (C=O) groups excluding carboxylic acids is 2. The number of nitrogens with zero attached hydrogens (tertiary/aromatic N) is 1. The number of anilines is 2. The van der Waals surface area contributed by atoms with Gasteiger partial charge in [-0.05, 0) is 61.9 Å². The molecule has 1 heterocycles. The average molecular weight is 526 g/mol. The van der Waals surface area contributed by atoms with E-state index in [-0.39, 0.29) is 24.2 Å². The van der Waals surface area contributed by atoms with Crippen molar-refractivity contribution in [2.75, 3.05) is 19.0 Å². The van der Waals surface area contributed by atoms with Gasteiger partial charge in [0.15, 0.2) is 5.78 Å². The molecule has 0 spiro atoms. The number of halogens is 3. The van der Waals surface area contributed by atoms with Gasteiger partial charge in [0.2, 0.25) is 0 Å². The molecule has 2 atom stereocenters. The van der Waals surface area contributed by atoms with Crippen LogP contribution in [0.5, 0.6) is 5.75 Å². The Morgan fingerprint density at radius 3 is 2.30 bits per heavy atom. The number of carbonyl (C=O) groups is 2. The summed E-state index contributed by atoms with van der Waals surface area (Å²) in [6.07, 6.45) is -0.753. The number of alkyl halides is 3. The number of hydrogen-bond donors (Lipinski definition) is 3. The van der Waals surface area contributed by atoms with Gasteiger partial charge >= 0.3 is 12.3 Å². The number of aliphatic hydroxyl groups excluding tert-OH is 1. The number of pyridine rings is 1. The number of rotatable bonds is 12. The SMILES string of the molecule is C=CC(=O)CCC.CCC(NC)c1c(C(O)COC(C)=O)ccnc1Nc1ccc(OC(F)(F)F)cc1. The number of benzene rings is 1. The smallest absolute Gasteiger partial charge is 0.463 e. The topological polar surface area (TPSA) is 110 Å². The summed E-state index contributed by atoms with van der Waals surface area (Å²) in [6.45, 7) is 8.29. The minimum atomic E-state index is -4.77. The molecule has 0 aliphatic heterocycles. The second kappa shape index (κ2) is 15.6. The summed E-state index contributed by atoms with van der Waals surface area (Å²) >= 11 is 0. The number of ether oxygens (including phenoxy) is 2. The molecule has 0 aliphatic rings. The molecule has 37 heavy (non-hydrogen) atoms. The van der Waals surface area contributed by atoms with Crippen molar-refractivity contribution in [1.29, 1.82) is 0 Å². The van der Waals surface area contributed by atoms with E-state index in [1.54, 1.807) is 13.1 Å². The number of aromatic nitrogens is 1. The maximum atomic E-state index is 12.3. The van der Waals surface area contributed by atoms with Gasteiger partial charge in [0.05, 0.1) is 0 Å². The molecule has 0 saturated heterocycles. The van der Waals surface area contributed by atoms with Crippen LogP contribution < -0.4 is 15.4 Å². The first-order valence-electron chi connectivity index (χ1n) is 11.7. The van der Waals surface area contributed by atoms with Crippen molar-refractivity contribution in [3.05, 3.63) is 60.3 Å². The van der Waals surface area contributed by atoms with Gasteiger partial charge in [0, 0.05) is 36.8 Å². The minimum Gasteiger partial charge on any atom is -0.463 e. The molecule has 0 radical (unpaired) electrons. The quantitative estimate of drug-likeness (QED) is 0.245. The molecule has 1 aromatic carbocycles. The zero-order valence-corrected chi connectivity index (χ0v) is 21.4. The first kappa shape index (κ1) is 31.6. The normalized spacial score (nSPS) is 12.4. The van der Waals surface area contributed by atoms with E-state index in [4.69, 9.17) is 4.74 Å². The Morgan fingerprint density at radius 1 is 1.19 bits per heavy atom. The molecule has 2 aromatic rings. The maximum Gasteiger partial charge on any atom is 0.573 e. The Morgan fingerprint density at radius 2 is 1.84 bits per heavy atom. The van der Waals surface area contributed by atoms with Gasteiger partial charge in [-0.1, -0.05) is 20.4 Å². The van der Waals surface area contributed by atoms with E-state index in [2.05, 4.69) is 26.9 Å². The number of allylic oxidation sites excluding steroid dienone is 1. The maximum absolute atomic E-state index is 12.3. The van der Waals surface area contributed by atoms with Crippen molar-refractivity contribution >= 4 is 23.3 Å². The number of ketones is 1. The first-order valence-corrected chi connectivity index (χ1v) is 11.7. The van der Waals surface area contributed by atoms with Crippen molar-refractivity contribution in [1.82, 2.24) is 10.3 Å². The summed E-state index contributed by atoms with van der Waals surface area (Å²) < 4.78 is 45.8. The van der Waals surface area contributed by atoms with E-state index in [1.165, 1.54) is 43.5 Å². The lowest BCUT2D eigenvalue weighted by atomic mass is 9.96. The molecule has 0 aliphatic carbocycles. The first-order chi connectivity index (χ1) is 17.4. The van der Waals surface area contributed by atoms with Gasteiger partial charge in [-0.25, -0.2) is 4.98 Å². The second-order valence-corrected chi connectivity index (χ2v) is 7.85. The predicted octanol–water partition coefficient (Wildman–Crippen LogP) is 5.53. The summed E-state index contributed by atoms with van der Waals surface area (Å²) in [6, 6.07) is 6.67. The standard InChI is InChI=1S/C20H24F3N3O4.C6H10O/c1-4-16(24-3)18-15(17(28)11-29-12(2)27)9-10-25-19(18)26-13-5-7-14(8-6-13)30-20(21,22)23;1-3-5-6(7)4-2/h5-10,16-17,24,28H,4,11H2,1-3H3,(H,25,26);4H,2-3,5H2,1H3. The highest BCUT2D eigenvalue weighted by molar-refractivity contribution is 5.88. The zero-order chi connectivity index (χ0) is 28.0. The predicted molar refractivity (Wildman–Crippen MR) is 134 cm³/mol. The Bertz CT molecular complexity index is 1010. The van der Waals surface area contributed by atoms with Crippen molar-refractivity contribution in [2.45, 2.75) is 58.5 Å². The van der Waals surface area contributed by atoms with Crippen LogP contribution >= 0.6 is 0 Å². The Labute approximate surface area is 214 Å². The van der Waals surface area contributed by atoms with Crippen LogP contribution in [0.15, 0.2) is 49.2 Å². The van der Waals surface area contributed by atoms with Crippen molar-refractivity contribution in [3.63, 3.8) is 0 Å². The lowest BCUT2D eigenvalue weighted by molar-refractivity contribution is -0.274. The Balaban J connectivity index is 0.000000856. The highest BCUT2D eigenvalue weighted by Gasteiger charge is 2.31. The molecule has 3 N–H and O–H groups in total. The second-order valence-electron chi connectivity index (χ2n) is 7.85. The van der Waals surface area contributed by atoms with Gasteiger partial charge in [-0.15, -0.1) is 13.2 Å². The van der Waals surface area contributed by atoms with Crippen LogP contribution in [0.4, 0.5) is 24.7 Å². The molecule has 8 nitrogen and oxygen atoms in total. The molecular weight excluding hydrogens is 491 g/mol. The van der Waals surface area contributed by atoms with Crippen LogP contribution in [-0.2, 0) is 14.3 Å². The number of hydrogen-bond acceptors (Lipinski definition) is 8. The van der Waals surface area contributed by atoms with E-state index >= 15 is 0 Å². The fourth-order valence-electron chi connectivity index (χ4n) is 3.31. The summed E-state index contributed by atoms with van der Waals surface area (Å²) in [7, 11) is 1.76. The highest BCUT2D eigenvalue weighted by atomic mass is 19.4. The molecule has 2 unspecified atom stereocenters. The van der Waals surface area contributed by atoms with Crippen LogP contribution in [0.2, 0.25) is 0 Å². The molecule has 0 amide bonds. The average Bonchev–Trinajstić information content (AvgIpc) is 2.84. The molecular formula is C26H34F3N3O5. The fourth-order valence-corrected chi connectivity index (χ4v) is 3.31. The van der Waals surface area contributed by atoms with Crippen LogP contribution in [0.1, 0.15) is 63.3 Å². The monoisotopic (exact) mass is 525 g/mol. The number of esters is 1. The largest absolute Gasteiger partial charge is 0.573 e. The van der Waals surface area contributed by atoms with Gasteiger partial charge in [0.1, 0.15) is 24.3 Å². The van der Waals surface area contributed by atoms with E-state index in [0.29, 0.717) is 35.5 Å². The number of aliphatic hydroxyl groups is 1. The molecule has 0 saturated carbocycles. The fraction of sp³-hybridized carbons (Fsp3) is 0.423. The van der Waals surface area contributed by atoms with Gasteiger partial charge in [-0.2, -0.15) is 0 Å². The summed E-state index contributed by atoms with van der Waals surface area (Å²) in [4.78, 5) is 25.7. The zero-order valence-electron chi connectivity index (χ0n) is 21.4. The third kappa shape index (κ3) is 11.4.